The smallest absolute Gasteiger partial charge is 0.242 e. The lowest BCUT2D eigenvalue weighted by atomic mass is 10.2. The molecule has 20 heavy (non-hydrogen) atoms. The van der Waals surface area contributed by atoms with E-state index in [0.717, 1.165) is 6.20 Å². The number of aryl methyl sites for hydroxylation is 2. The molecule has 0 aliphatic carbocycles. The topological polar surface area (TPSA) is 109 Å². The van der Waals surface area contributed by atoms with Gasteiger partial charge in [-0.15, -0.1) is 0 Å². The summed E-state index contributed by atoms with van der Waals surface area (Å²) in [6.07, 6.45) is 1.15. The summed E-state index contributed by atoms with van der Waals surface area (Å²) in [7, 11) is -3.69. The van der Waals surface area contributed by atoms with Gasteiger partial charge in [-0.05, 0) is 26.0 Å². The number of nitrogens with one attached hydrogen (secondary N) is 1. The van der Waals surface area contributed by atoms with Gasteiger partial charge in [0.05, 0.1) is 5.69 Å². The lowest BCUT2D eigenvalue weighted by Crippen LogP contribution is -2.23. The summed E-state index contributed by atoms with van der Waals surface area (Å²) in [4.78, 5) is 3.74. The van der Waals surface area contributed by atoms with Crippen molar-refractivity contribution >= 4 is 10.0 Å². The minimum atomic E-state index is -3.69. The van der Waals surface area contributed by atoms with Crippen LogP contribution in [-0.4, -0.2) is 18.6 Å². The molecule has 0 fully saturated rings. The second-order valence-corrected chi connectivity index (χ2v) is 5.89. The van der Waals surface area contributed by atoms with Gasteiger partial charge in [0.1, 0.15) is 22.4 Å². The van der Waals surface area contributed by atoms with Gasteiger partial charge in [-0.1, -0.05) is 5.16 Å². The Hall–Kier alpha value is -2.24. The van der Waals surface area contributed by atoms with Crippen molar-refractivity contribution in [2.45, 2.75) is 25.3 Å². The van der Waals surface area contributed by atoms with Gasteiger partial charge in [0.2, 0.25) is 10.0 Å². The molecule has 8 heteroatoms. The van der Waals surface area contributed by atoms with E-state index in [-0.39, 0.29) is 17.1 Å². The third-order valence-electron chi connectivity index (χ3n) is 2.78. The van der Waals surface area contributed by atoms with E-state index in [2.05, 4.69) is 14.9 Å². The number of aromatic nitrogens is 2. The van der Waals surface area contributed by atoms with E-state index >= 15 is 0 Å². The van der Waals surface area contributed by atoms with Crippen molar-refractivity contribution in [2.75, 3.05) is 0 Å². The number of hydrogen-bond acceptors (Lipinski definition) is 6. The second kappa shape index (κ2) is 5.40. The molecular formula is C12H12N4O3S. The minimum Gasteiger partial charge on any atom is -0.361 e. The molecule has 2 rings (SSSR count). The number of nitriles is 1. The van der Waals surface area contributed by atoms with Crippen LogP contribution in [0.15, 0.2) is 27.7 Å². The van der Waals surface area contributed by atoms with Crippen molar-refractivity contribution in [3.05, 3.63) is 41.0 Å². The molecule has 0 aliphatic rings. The fourth-order valence-electron chi connectivity index (χ4n) is 1.61. The Morgan fingerprint density at radius 1 is 1.40 bits per heavy atom. The quantitative estimate of drug-likeness (QED) is 0.901. The maximum absolute atomic E-state index is 12.1. The summed E-state index contributed by atoms with van der Waals surface area (Å²) in [5.74, 6) is 0.572. The highest BCUT2D eigenvalue weighted by atomic mass is 32.2. The van der Waals surface area contributed by atoms with Crippen LogP contribution in [0, 0.1) is 25.2 Å². The Labute approximate surface area is 116 Å². The predicted molar refractivity (Wildman–Crippen MR) is 69.0 cm³/mol. The first-order chi connectivity index (χ1) is 9.44. The lowest BCUT2D eigenvalue weighted by molar-refractivity contribution is 0.392. The molecule has 0 saturated heterocycles. The van der Waals surface area contributed by atoms with E-state index in [0.29, 0.717) is 17.0 Å². The van der Waals surface area contributed by atoms with Gasteiger partial charge < -0.3 is 4.52 Å². The number of hydrogen-bond donors (Lipinski definition) is 1. The van der Waals surface area contributed by atoms with Crippen LogP contribution in [0.2, 0.25) is 0 Å². The van der Waals surface area contributed by atoms with Crippen molar-refractivity contribution in [3.8, 4) is 6.07 Å². The molecule has 0 spiro atoms. The molecule has 0 aliphatic heterocycles. The number of pyridine rings is 1. The summed E-state index contributed by atoms with van der Waals surface area (Å²) >= 11 is 0. The van der Waals surface area contributed by atoms with Crippen LogP contribution >= 0.6 is 0 Å². The average molecular weight is 292 g/mol. The first-order valence-electron chi connectivity index (χ1n) is 5.71. The van der Waals surface area contributed by atoms with E-state index in [1.165, 1.54) is 12.1 Å². The summed E-state index contributed by atoms with van der Waals surface area (Å²) in [6.45, 7) is 3.54. The monoisotopic (exact) mass is 292 g/mol. The lowest BCUT2D eigenvalue weighted by Gasteiger charge is -2.06. The second-order valence-electron chi connectivity index (χ2n) is 4.12. The Balaban J connectivity index is 2.17. The van der Waals surface area contributed by atoms with Crippen LogP contribution in [-0.2, 0) is 16.6 Å². The van der Waals surface area contributed by atoms with Crippen LogP contribution in [0.1, 0.15) is 22.7 Å². The summed E-state index contributed by atoms with van der Waals surface area (Å²) < 4.78 is 31.5. The van der Waals surface area contributed by atoms with Gasteiger partial charge in [-0.2, -0.15) is 5.26 Å². The first-order valence-corrected chi connectivity index (χ1v) is 7.20. The maximum Gasteiger partial charge on any atom is 0.242 e. The van der Waals surface area contributed by atoms with E-state index < -0.39 is 10.0 Å². The number of nitrogens with zero attached hydrogens (tertiary/aromatic N) is 3. The first kappa shape index (κ1) is 14.2. The zero-order chi connectivity index (χ0) is 14.8. The predicted octanol–water partition coefficient (Wildman–Crippen LogP) is 1.04. The average Bonchev–Trinajstić information content (AvgIpc) is 2.76. The molecule has 104 valence electrons. The molecule has 7 nitrogen and oxygen atoms in total. The molecule has 0 atom stereocenters. The Morgan fingerprint density at radius 3 is 2.65 bits per heavy atom. The van der Waals surface area contributed by atoms with E-state index in [9.17, 15) is 8.42 Å². The number of sulfonamides is 1. The highest BCUT2D eigenvalue weighted by Gasteiger charge is 2.17. The SMILES string of the molecule is Cc1noc(C)c1CNS(=O)(=O)c1ccc(C#N)nc1. The van der Waals surface area contributed by atoms with Crippen LogP contribution < -0.4 is 4.72 Å². The molecule has 2 heterocycles. The van der Waals surface area contributed by atoms with Crippen molar-refractivity contribution in [1.82, 2.24) is 14.9 Å². The van der Waals surface area contributed by atoms with E-state index in [4.69, 9.17) is 9.78 Å². The van der Waals surface area contributed by atoms with Gasteiger partial charge in [0, 0.05) is 18.3 Å². The van der Waals surface area contributed by atoms with Crippen LogP contribution in [0.4, 0.5) is 0 Å². The fourth-order valence-corrected chi connectivity index (χ4v) is 2.55. The molecule has 2 aromatic rings. The molecule has 2 aromatic heterocycles. The normalized spacial score (nSPS) is 11.2. The Morgan fingerprint density at radius 2 is 2.15 bits per heavy atom. The zero-order valence-electron chi connectivity index (χ0n) is 10.9. The van der Waals surface area contributed by atoms with Gasteiger partial charge in [-0.25, -0.2) is 18.1 Å². The highest BCUT2D eigenvalue weighted by molar-refractivity contribution is 7.89. The zero-order valence-corrected chi connectivity index (χ0v) is 11.7. The molecule has 0 amide bonds. The summed E-state index contributed by atoms with van der Waals surface area (Å²) in [6, 6.07) is 4.51. The van der Waals surface area contributed by atoms with Gasteiger partial charge in [-0.3, -0.25) is 0 Å². The maximum atomic E-state index is 12.1. The van der Waals surface area contributed by atoms with Crippen molar-refractivity contribution < 1.29 is 12.9 Å². The molecule has 0 bridgehead atoms. The number of rotatable bonds is 4. The van der Waals surface area contributed by atoms with E-state index in [1.807, 2.05) is 6.07 Å². The standard InChI is InChI=1S/C12H12N4O3S/c1-8-12(9(2)19-16-8)7-15-20(17,18)11-4-3-10(5-13)14-6-11/h3-4,6,15H,7H2,1-2H3. The van der Waals surface area contributed by atoms with Gasteiger partial charge >= 0.3 is 0 Å². The summed E-state index contributed by atoms with van der Waals surface area (Å²) in [5, 5.41) is 12.4. The third-order valence-corrected chi connectivity index (χ3v) is 4.17. The minimum absolute atomic E-state index is 0.00302. The van der Waals surface area contributed by atoms with Crippen LogP contribution in [0.3, 0.4) is 0 Å². The molecule has 0 unspecified atom stereocenters. The molecule has 0 radical (unpaired) electrons. The Kier molecular flexibility index (Phi) is 3.83. The van der Waals surface area contributed by atoms with Crippen molar-refractivity contribution in [3.63, 3.8) is 0 Å². The molecule has 0 aromatic carbocycles. The van der Waals surface area contributed by atoms with Crippen LogP contribution in [0.25, 0.3) is 0 Å². The largest absolute Gasteiger partial charge is 0.361 e. The van der Waals surface area contributed by atoms with E-state index in [1.54, 1.807) is 13.8 Å². The molecule has 0 saturated carbocycles. The highest BCUT2D eigenvalue weighted by Crippen LogP contribution is 2.14. The van der Waals surface area contributed by atoms with Crippen molar-refractivity contribution in [2.24, 2.45) is 0 Å². The summed E-state index contributed by atoms with van der Waals surface area (Å²) in [5.41, 5.74) is 1.51. The molecular weight excluding hydrogens is 280 g/mol. The third kappa shape index (κ3) is 2.84. The molecule has 1 N–H and O–H groups in total. The Bertz CT molecular complexity index is 737. The fraction of sp³-hybridized carbons (Fsp3) is 0.250. The van der Waals surface area contributed by atoms with Crippen LogP contribution in [0.5, 0.6) is 0 Å². The van der Waals surface area contributed by atoms with Crippen molar-refractivity contribution in [1.29, 1.82) is 5.26 Å². The van der Waals surface area contributed by atoms with Gasteiger partial charge in [0.25, 0.3) is 0 Å². The van der Waals surface area contributed by atoms with Gasteiger partial charge in [0.15, 0.2) is 0 Å².